The number of nitrogens with zero attached hydrogens (tertiary/aromatic N) is 1. The van der Waals surface area contributed by atoms with Gasteiger partial charge in [-0.15, -0.1) is 0 Å². The quantitative estimate of drug-likeness (QED) is 0.466. The molecule has 1 unspecified atom stereocenters. The number of phenols is 1. The maximum atomic E-state index is 12.5. The number of phenolic OH excluding ortho intramolecular Hbond substituents is 1. The second kappa shape index (κ2) is 8.71. The fourth-order valence-electron chi connectivity index (χ4n) is 9.51. The third-order valence-electron chi connectivity index (χ3n) is 11.7. The maximum absolute atomic E-state index is 12.5. The van der Waals surface area contributed by atoms with Crippen LogP contribution in [0.2, 0.25) is 0 Å². The number of hydrogen-bond acceptors (Lipinski definition) is 5. The van der Waals surface area contributed by atoms with E-state index in [4.69, 9.17) is 9.47 Å². The molecule has 2 aliphatic heterocycles. The highest BCUT2D eigenvalue weighted by Gasteiger charge is 2.73. The first-order valence-electron chi connectivity index (χ1n) is 15.3. The van der Waals surface area contributed by atoms with Gasteiger partial charge in [-0.2, -0.15) is 0 Å². The van der Waals surface area contributed by atoms with E-state index in [1.807, 2.05) is 13.0 Å². The van der Waals surface area contributed by atoms with E-state index >= 15 is 0 Å². The molecule has 210 valence electrons. The number of piperidine rings is 1. The predicted octanol–water partition coefficient (Wildman–Crippen LogP) is 5.89. The molecule has 5 heteroatoms. The van der Waals surface area contributed by atoms with Gasteiger partial charge in [0, 0.05) is 36.6 Å². The summed E-state index contributed by atoms with van der Waals surface area (Å²) in [7, 11) is 1.81. The molecule has 2 heterocycles. The van der Waals surface area contributed by atoms with Crippen molar-refractivity contribution in [3.63, 3.8) is 0 Å². The van der Waals surface area contributed by atoms with E-state index in [1.54, 1.807) is 7.11 Å². The third-order valence-corrected chi connectivity index (χ3v) is 11.7. The number of hydrogen-bond donors (Lipinski definition) is 2. The molecule has 0 aromatic heterocycles. The van der Waals surface area contributed by atoms with Crippen LogP contribution < -0.4 is 4.74 Å². The minimum Gasteiger partial charge on any atom is -0.504 e. The summed E-state index contributed by atoms with van der Waals surface area (Å²) in [5, 5.41) is 23.6. The molecule has 3 aliphatic carbocycles. The van der Waals surface area contributed by atoms with Crippen LogP contribution in [0.5, 0.6) is 11.5 Å². The molecule has 2 N–H and O–H groups in total. The Bertz CT molecular complexity index is 1260. The van der Waals surface area contributed by atoms with Gasteiger partial charge in [-0.05, 0) is 92.5 Å². The van der Waals surface area contributed by atoms with Crippen molar-refractivity contribution < 1.29 is 19.7 Å². The second-order valence-electron chi connectivity index (χ2n) is 13.8. The number of rotatable bonds is 7. The number of aliphatic hydroxyl groups is 1. The Balaban J connectivity index is 1.38. The van der Waals surface area contributed by atoms with Crippen molar-refractivity contribution in [3.8, 4) is 11.5 Å². The molecule has 0 radical (unpaired) electrons. The van der Waals surface area contributed by atoms with Crippen LogP contribution >= 0.6 is 0 Å². The Labute approximate surface area is 233 Å². The number of likely N-dealkylation sites (tertiary alicyclic amines) is 1. The van der Waals surface area contributed by atoms with Gasteiger partial charge >= 0.3 is 0 Å². The Morgan fingerprint density at radius 3 is 2.54 bits per heavy atom. The van der Waals surface area contributed by atoms with Crippen molar-refractivity contribution in [2.45, 2.75) is 101 Å². The van der Waals surface area contributed by atoms with Crippen molar-refractivity contribution in [1.82, 2.24) is 4.90 Å². The summed E-state index contributed by atoms with van der Waals surface area (Å²) in [5.74, 6) is 2.37. The number of ether oxygens (including phenoxy) is 2. The van der Waals surface area contributed by atoms with E-state index < -0.39 is 11.2 Å². The van der Waals surface area contributed by atoms with E-state index in [0.717, 1.165) is 43.7 Å². The fraction of sp³-hybridized carbons (Fsp3) is 0.647. The van der Waals surface area contributed by atoms with Crippen LogP contribution in [-0.2, 0) is 22.2 Å². The third kappa shape index (κ3) is 3.42. The van der Waals surface area contributed by atoms with Crippen LogP contribution in [0.3, 0.4) is 0 Å². The van der Waals surface area contributed by atoms with Crippen molar-refractivity contribution in [1.29, 1.82) is 0 Å². The Kier molecular flexibility index (Phi) is 5.77. The molecule has 2 aromatic rings. The molecule has 7 rings (SSSR count). The lowest BCUT2D eigenvalue weighted by atomic mass is 9.44. The highest BCUT2D eigenvalue weighted by atomic mass is 16.6. The lowest BCUT2D eigenvalue weighted by Gasteiger charge is -2.65. The van der Waals surface area contributed by atoms with Gasteiger partial charge in [0.05, 0.1) is 5.60 Å². The van der Waals surface area contributed by atoms with Crippen molar-refractivity contribution >= 4 is 0 Å². The van der Waals surface area contributed by atoms with Crippen LogP contribution in [0, 0.1) is 17.8 Å². The van der Waals surface area contributed by atoms with Crippen molar-refractivity contribution in [3.05, 3.63) is 58.7 Å². The minimum atomic E-state index is -1.10. The Morgan fingerprint density at radius 2 is 1.90 bits per heavy atom. The monoisotopic (exact) mass is 531 g/mol. The van der Waals surface area contributed by atoms with Crippen LogP contribution in [0.15, 0.2) is 36.4 Å². The van der Waals surface area contributed by atoms with E-state index in [0.29, 0.717) is 23.6 Å². The Morgan fingerprint density at radius 1 is 1.15 bits per heavy atom. The molecule has 2 saturated carbocycles. The lowest BCUT2D eigenvalue weighted by Crippen LogP contribution is -2.74. The Hall–Kier alpha value is -2.08. The minimum absolute atomic E-state index is 0.158. The molecule has 3 fully saturated rings. The van der Waals surface area contributed by atoms with E-state index in [-0.39, 0.29) is 23.2 Å². The standard InChI is InChI=1S/C34H45NO4/c1-6-34(38-5)28(32(4,37)24-12-9-22(10-13-24)20(2)3)18-25-26-17-23-11-14-27(36)30-29(23)33(25,31(34)39-30)15-16-35(26)19-21-7-8-21/h9-14,20-21,25-26,28,31,36-37H,6-8,15-19H2,1-5H3/t25?,26-,28-,31-,32-,33+,34-/m1/s1. The largest absolute Gasteiger partial charge is 0.504 e. The predicted molar refractivity (Wildman–Crippen MR) is 152 cm³/mol. The molecule has 5 aliphatic rings. The molecular formula is C34H45NO4. The summed E-state index contributed by atoms with van der Waals surface area (Å²) in [5.41, 5.74) is 2.81. The smallest absolute Gasteiger partial charge is 0.165 e. The van der Waals surface area contributed by atoms with Crippen LogP contribution in [-0.4, -0.2) is 53.1 Å². The summed E-state index contributed by atoms with van der Waals surface area (Å²) >= 11 is 0. The fourth-order valence-corrected chi connectivity index (χ4v) is 9.51. The molecule has 1 saturated heterocycles. The molecule has 2 aromatic carbocycles. The first kappa shape index (κ1) is 25.9. The first-order valence-corrected chi connectivity index (χ1v) is 15.3. The average Bonchev–Trinajstić information content (AvgIpc) is 3.68. The van der Waals surface area contributed by atoms with E-state index in [9.17, 15) is 10.2 Å². The molecule has 5 nitrogen and oxygen atoms in total. The van der Waals surface area contributed by atoms with E-state index in [2.05, 4.69) is 56.0 Å². The van der Waals surface area contributed by atoms with Crippen LogP contribution in [0.1, 0.15) is 88.0 Å². The molecule has 39 heavy (non-hydrogen) atoms. The van der Waals surface area contributed by atoms with Gasteiger partial charge < -0.3 is 19.7 Å². The molecule has 0 amide bonds. The summed E-state index contributed by atoms with van der Waals surface area (Å²) in [6, 6.07) is 13.0. The molecule has 1 spiro atoms. The summed E-state index contributed by atoms with van der Waals surface area (Å²) in [6.07, 6.45) is 6.06. The maximum Gasteiger partial charge on any atom is 0.165 e. The van der Waals surface area contributed by atoms with Crippen molar-refractivity contribution in [2.24, 2.45) is 17.8 Å². The highest BCUT2D eigenvalue weighted by Crippen LogP contribution is 2.69. The first-order chi connectivity index (χ1) is 18.7. The number of aromatic hydroxyl groups is 1. The second-order valence-corrected chi connectivity index (χ2v) is 13.8. The van der Waals surface area contributed by atoms with Gasteiger partial charge in [0.25, 0.3) is 0 Å². The molecular weight excluding hydrogens is 486 g/mol. The van der Waals surface area contributed by atoms with Crippen LogP contribution in [0.25, 0.3) is 0 Å². The number of benzene rings is 2. The van der Waals surface area contributed by atoms with Gasteiger partial charge in [0.1, 0.15) is 11.7 Å². The highest BCUT2D eigenvalue weighted by molar-refractivity contribution is 5.61. The zero-order valence-corrected chi connectivity index (χ0v) is 24.2. The zero-order chi connectivity index (χ0) is 27.3. The van der Waals surface area contributed by atoms with Gasteiger partial charge in [-0.3, -0.25) is 4.90 Å². The summed E-state index contributed by atoms with van der Waals surface area (Å²) in [6.45, 7) is 10.8. The lowest BCUT2D eigenvalue weighted by molar-refractivity contribution is -0.243. The van der Waals surface area contributed by atoms with Gasteiger partial charge in [0.2, 0.25) is 0 Å². The number of methoxy groups -OCH3 is 1. The average molecular weight is 532 g/mol. The molecule has 7 atom stereocenters. The van der Waals surface area contributed by atoms with Gasteiger partial charge in [-0.1, -0.05) is 51.1 Å². The SMILES string of the molecule is CC[C@@]1(OC)[C@@H]([C@](C)(O)c2ccc(C(C)C)cc2)CC2[C@H]3Cc4ccc(O)c5c4[C@@]2(CCN3CC2CC2)[C@H]1O5. The van der Waals surface area contributed by atoms with Crippen molar-refractivity contribution in [2.75, 3.05) is 20.2 Å². The van der Waals surface area contributed by atoms with E-state index in [1.165, 1.54) is 36.1 Å². The van der Waals surface area contributed by atoms with Crippen LogP contribution in [0.4, 0.5) is 0 Å². The molecule has 2 bridgehead atoms. The van der Waals surface area contributed by atoms with Gasteiger partial charge in [-0.25, -0.2) is 0 Å². The summed E-state index contributed by atoms with van der Waals surface area (Å²) in [4.78, 5) is 2.77. The zero-order valence-electron chi connectivity index (χ0n) is 24.2. The van der Waals surface area contributed by atoms with Gasteiger partial charge in [0.15, 0.2) is 11.5 Å². The summed E-state index contributed by atoms with van der Waals surface area (Å²) < 4.78 is 13.6. The topological polar surface area (TPSA) is 62.2 Å². The normalized spacial score (nSPS) is 36.4.